The fraction of sp³-hybridized carbons (Fsp3) is 0.0909. The normalized spacial score (nSPS) is 14.1. The third kappa shape index (κ3) is 1.68. The Bertz CT molecular complexity index is 578. The van der Waals surface area contributed by atoms with Crippen LogP contribution in [0.15, 0.2) is 18.2 Å². The van der Waals surface area contributed by atoms with Gasteiger partial charge in [-0.15, -0.1) is 0 Å². The van der Waals surface area contributed by atoms with Gasteiger partial charge < -0.3 is 5.32 Å². The van der Waals surface area contributed by atoms with Crippen LogP contribution in [0.4, 0.5) is 10.5 Å². The van der Waals surface area contributed by atoms with Crippen molar-refractivity contribution in [2.24, 2.45) is 0 Å². The lowest BCUT2D eigenvalue weighted by Gasteiger charge is -2.12. The number of amides is 3. The number of hydrogen-bond donors (Lipinski definition) is 1. The minimum absolute atomic E-state index is 0.0548. The number of nitrogens with one attached hydrogen (secondary N) is 1. The summed E-state index contributed by atoms with van der Waals surface area (Å²) in [6.45, 7) is -0.0548. The molecule has 0 saturated carbocycles. The first-order valence-electron chi connectivity index (χ1n) is 4.72. The summed E-state index contributed by atoms with van der Waals surface area (Å²) in [5, 5.41) is 20.0. The molecule has 0 radical (unpaired) electrons. The van der Waals surface area contributed by atoms with Gasteiger partial charge in [0.15, 0.2) is 0 Å². The highest BCUT2D eigenvalue weighted by Crippen LogP contribution is 2.20. The molecule has 6 heteroatoms. The predicted octanol–water partition coefficient (Wildman–Crippen LogP) is 0.486. The van der Waals surface area contributed by atoms with Gasteiger partial charge in [0.25, 0.3) is 5.91 Å². The van der Waals surface area contributed by atoms with Gasteiger partial charge in [-0.2, -0.15) is 10.5 Å². The molecule has 0 aliphatic carbocycles. The molecule has 1 fully saturated rings. The number of rotatable bonds is 1. The van der Waals surface area contributed by atoms with Crippen molar-refractivity contribution in [2.75, 3.05) is 11.4 Å². The van der Waals surface area contributed by atoms with Gasteiger partial charge in [0.05, 0.1) is 23.4 Å². The molecule has 6 nitrogen and oxygen atoms in total. The van der Waals surface area contributed by atoms with Crippen LogP contribution in [0.25, 0.3) is 0 Å². The minimum Gasteiger partial charge on any atom is -0.328 e. The van der Waals surface area contributed by atoms with Gasteiger partial charge in [-0.1, -0.05) is 0 Å². The Morgan fingerprint density at radius 1 is 1.18 bits per heavy atom. The van der Waals surface area contributed by atoms with E-state index in [0.29, 0.717) is 5.69 Å². The van der Waals surface area contributed by atoms with Crippen LogP contribution in [0, 0.1) is 22.7 Å². The van der Waals surface area contributed by atoms with Gasteiger partial charge in [0, 0.05) is 0 Å². The third-order valence-corrected chi connectivity index (χ3v) is 2.35. The highest BCUT2D eigenvalue weighted by Gasteiger charge is 2.30. The average molecular weight is 226 g/mol. The molecule has 1 aliphatic rings. The lowest BCUT2D eigenvalue weighted by Crippen LogP contribution is -2.30. The smallest absolute Gasteiger partial charge is 0.328 e. The van der Waals surface area contributed by atoms with Crippen LogP contribution in [0.5, 0.6) is 0 Å². The summed E-state index contributed by atoms with van der Waals surface area (Å²) < 4.78 is 0. The number of imide groups is 1. The van der Waals surface area contributed by atoms with Crippen LogP contribution in [0.3, 0.4) is 0 Å². The molecule has 0 aromatic heterocycles. The summed E-state index contributed by atoms with van der Waals surface area (Å²) >= 11 is 0. The number of anilines is 1. The molecule has 3 amide bonds. The zero-order valence-corrected chi connectivity index (χ0v) is 8.60. The SMILES string of the molecule is N#Cc1ccc(N2C(=O)CNC2=O)cc1C#N. The van der Waals surface area contributed by atoms with Crippen LogP contribution in [-0.4, -0.2) is 18.5 Å². The van der Waals surface area contributed by atoms with Crippen molar-refractivity contribution in [3.8, 4) is 12.1 Å². The number of carbonyl (C=O) groups is 2. The van der Waals surface area contributed by atoms with E-state index >= 15 is 0 Å². The molecule has 1 N–H and O–H groups in total. The Morgan fingerprint density at radius 3 is 2.41 bits per heavy atom. The number of hydrogen-bond acceptors (Lipinski definition) is 4. The zero-order chi connectivity index (χ0) is 12.4. The lowest BCUT2D eigenvalue weighted by molar-refractivity contribution is -0.115. The van der Waals surface area contributed by atoms with Gasteiger partial charge in [-0.3, -0.25) is 4.79 Å². The van der Waals surface area contributed by atoms with Crippen LogP contribution < -0.4 is 10.2 Å². The molecule has 82 valence electrons. The van der Waals surface area contributed by atoms with Crippen molar-refractivity contribution in [1.29, 1.82) is 10.5 Å². The van der Waals surface area contributed by atoms with E-state index in [4.69, 9.17) is 10.5 Å². The summed E-state index contributed by atoms with van der Waals surface area (Å²) in [7, 11) is 0. The van der Waals surface area contributed by atoms with Crippen molar-refractivity contribution in [1.82, 2.24) is 5.32 Å². The van der Waals surface area contributed by atoms with Crippen LogP contribution in [-0.2, 0) is 4.79 Å². The second kappa shape index (κ2) is 3.95. The van der Waals surface area contributed by atoms with E-state index in [1.807, 2.05) is 12.1 Å². The standard InChI is InChI=1S/C11H6N4O2/c12-4-7-1-2-9(3-8(7)5-13)15-10(16)6-14-11(15)17/h1-3H,6H2,(H,14,17). The van der Waals surface area contributed by atoms with E-state index in [0.717, 1.165) is 4.90 Å². The van der Waals surface area contributed by atoms with Gasteiger partial charge in [-0.05, 0) is 18.2 Å². The quantitative estimate of drug-likeness (QED) is 0.704. The van der Waals surface area contributed by atoms with E-state index in [2.05, 4.69) is 5.32 Å². The fourth-order valence-corrected chi connectivity index (χ4v) is 1.55. The molecule has 1 aromatic carbocycles. The summed E-state index contributed by atoms with van der Waals surface area (Å²) in [6.07, 6.45) is 0. The van der Waals surface area contributed by atoms with Crippen molar-refractivity contribution in [3.05, 3.63) is 29.3 Å². The highest BCUT2D eigenvalue weighted by atomic mass is 16.2. The van der Waals surface area contributed by atoms with Crippen LogP contribution >= 0.6 is 0 Å². The number of nitrogens with zero attached hydrogens (tertiary/aromatic N) is 3. The van der Waals surface area contributed by atoms with Crippen molar-refractivity contribution in [3.63, 3.8) is 0 Å². The Balaban J connectivity index is 2.48. The zero-order valence-electron chi connectivity index (χ0n) is 8.60. The Morgan fingerprint density at radius 2 is 1.88 bits per heavy atom. The summed E-state index contributed by atoms with van der Waals surface area (Å²) in [6, 6.07) is 7.40. The maximum absolute atomic E-state index is 11.4. The highest BCUT2D eigenvalue weighted by molar-refractivity contribution is 6.19. The molecular formula is C11H6N4O2. The van der Waals surface area contributed by atoms with E-state index in [-0.39, 0.29) is 23.6 Å². The van der Waals surface area contributed by atoms with Gasteiger partial charge in [-0.25, -0.2) is 9.69 Å². The summed E-state index contributed by atoms with van der Waals surface area (Å²) in [5.41, 5.74) is 0.640. The third-order valence-electron chi connectivity index (χ3n) is 2.35. The fourth-order valence-electron chi connectivity index (χ4n) is 1.55. The average Bonchev–Trinajstić information content (AvgIpc) is 2.68. The summed E-state index contributed by atoms with van der Waals surface area (Å²) in [4.78, 5) is 23.8. The monoisotopic (exact) mass is 226 g/mol. The first-order chi connectivity index (χ1) is 8.17. The van der Waals surface area contributed by atoms with Gasteiger partial charge in [0.2, 0.25) is 0 Å². The second-order valence-electron chi connectivity index (χ2n) is 3.34. The van der Waals surface area contributed by atoms with Crippen molar-refractivity contribution >= 4 is 17.6 Å². The molecule has 0 atom stereocenters. The minimum atomic E-state index is -0.524. The number of urea groups is 1. The molecule has 17 heavy (non-hydrogen) atoms. The lowest BCUT2D eigenvalue weighted by atomic mass is 10.1. The molecule has 1 heterocycles. The first-order valence-corrected chi connectivity index (χ1v) is 4.72. The van der Waals surface area contributed by atoms with E-state index in [1.54, 1.807) is 0 Å². The predicted molar refractivity (Wildman–Crippen MR) is 56.8 cm³/mol. The number of nitriles is 2. The summed E-state index contributed by atoms with van der Waals surface area (Å²) in [5.74, 6) is -0.386. The molecule has 0 bridgehead atoms. The topological polar surface area (TPSA) is 97.0 Å². The van der Waals surface area contributed by atoms with Crippen molar-refractivity contribution < 1.29 is 9.59 Å². The second-order valence-corrected chi connectivity index (χ2v) is 3.34. The van der Waals surface area contributed by atoms with E-state index in [9.17, 15) is 9.59 Å². The van der Waals surface area contributed by atoms with E-state index < -0.39 is 6.03 Å². The maximum Gasteiger partial charge on any atom is 0.329 e. The molecule has 1 saturated heterocycles. The van der Waals surface area contributed by atoms with Gasteiger partial charge >= 0.3 is 6.03 Å². The molecule has 1 aliphatic heterocycles. The number of carbonyl (C=O) groups excluding carboxylic acids is 2. The largest absolute Gasteiger partial charge is 0.329 e. The molecule has 0 spiro atoms. The molecular weight excluding hydrogens is 220 g/mol. The Hall–Kier alpha value is -2.86. The Kier molecular flexibility index (Phi) is 2.48. The first kappa shape index (κ1) is 10.7. The molecule has 0 unspecified atom stereocenters. The Labute approximate surface area is 96.7 Å². The van der Waals surface area contributed by atoms with Crippen LogP contribution in [0.2, 0.25) is 0 Å². The van der Waals surface area contributed by atoms with Crippen molar-refractivity contribution in [2.45, 2.75) is 0 Å². The van der Waals surface area contributed by atoms with E-state index in [1.165, 1.54) is 18.2 Å². The number of benzene rings is 1. The molecule has 2 rings (SSSR count). The van der Waals surface area contributed by atoms with Gasteiger partial charge in [0.1, 0.15) is 12.1 Å². The van der Waals surface area contributed by atoms with Crippen LogP contribution in [0.1, 0.15) is 11.1 Å². The maximum atomic E-state index is 11.4. The molecule has 1 aromatic rings.